The molecule has 0 aliphatic carbocycles. The molecule has 0 amide bonds. The first-order valence-corrected chi connectivity index (χ1v) is 8.80. The maximum atomic E-state index is 12.8. The van der Waals surface area contributed by atoms with Crippen LogP contribution in [-0.4, -0.2) is 24.5 Å². The molecule has 0 spiro atoms. The molecule has 0 saturated carbocycles. The highest BCUT2D eigenvalue weighted by Crippen LogP contribution is 2.30. The molecule has 0 radical (unpaired) electrons. The number of aryl methyl sites for hydroxylation is 1. The summed E-state index contributed by atoms with van der Waals surface area (Å²) in [5.41, 5.74) is 0.855. The fourth-order valence-corrected chi connectivity index (χ4v) is 2.95. The zero-order valence-corrected chi connectivity index (χ0v) is 15.7. The summed E-state index contributed by atoms with van der Waals surface area (Å²) in [5.74, 6) is 0.528. The predicted octanol–water partition coefficient (Wildman–Crippen LogP) is 4.68. The number of hydrogen-bond donors (Lipinski definition) is 0. The molecule has 4 aromatic rings. The van der Waals surface area contributed by atoms with Crippen LogP contribution in [-0.2, 0) is 19.8 Å². The summed E-state index contributed by atoms with van der Waals surface area (Å²) < 4.78 is 45.6. The van der Waals surface area contributed by atoms with E-state index in [1.54, 1.807) is 42.6 Å². The van der Waals surface area contributed by atoms with Crippen molar-refractivity contribution in [3.63, 3.8) is 0 Å². The SMILES string of the molecule is Cn1cc(C(F)(F)F)nc1-c1ccc(COc2nc(Cl)nc3ncccc23)cc1. The molecule has 6 nitrogen and oxygen atoms in total. The van der Waals surface area contributed by atoms with Gasteiger partial charge < -0.3 is 9.30 Å². The predicted molar refractivity (Wildman–Crippen MR) is 100 cm³/mol. The average molecular weight is 420 g/mol. The lowest BCUT2D eigenvalue weighted by atomic mass is 10.1. The number of fused-ring (bicyclic) bond motifs is 1. The third-order valence-corrected chi connectivity index (χ3v) is 4.33. The summed E-state index contributed by atoms with van der Waals surface area (Å²) in [7, 11) is 1.52. The minimum absolute atomic E-state index is 0.0248. The summed E-state index contributed by atoms with van der Waals surface area (Å²) in [5, 5.41) is 0.651. The Bertz CT molecular complexity index is 1170. The zero-order valence-electron chi connectivity index (χ0n) is 15.0. The normalized spacial score (nSPS) is 11.8. The van der Waals surface area contributed by atoms with Crippen molar-refractivity contribution in [2.45, 2.75) is 12.8 Å². The van der Waals surface area contributed by atoms with Crippen LogP contribution in [0.4, 0.5) is 13.2 Å². The van der Waals surface area contributed by atoms with Crippen molar-refractivity contribution in [2.24, 2.45) is 7.05 Å². The second kappa shape index (κ2) is 7.32. The van der Waals surface area contributed by atoms with Crippen molar-refractivity contribution in [2.75, 3.05) is 0 Å². The zero-order chi connectivity index (χ0) is 20.6. The highest BCUT2D eigenvalue weighted by Gasteiger charge is 2.34. The molecular formula is C19H13ClF3N5O. The van der Waals surface area contributed by atoms with Crippen molar-refractivity contribution in [1.82, 2.24) is 24.5 Å². The van der Waals surface area contributed by atoms with Gasteiger partial charge in [-0.1, -0.05) is 24.3 Å². The van der Waals surface area contributed by atoms with E-state index in [1.165, 1.54) is 11.6 Å². The molecular weight excluding hydrogens is 407 g/mol. The summed E-state index contributed by atoms with van der Waals surface area (Å²) in [4.78, 5) is 15.9. The van der Waals surface area contributed by atoms with Gasteiger partial charge in [0.25, 0.3) is 0 Å². The molecule has 0 aliphatic heterocycles. The van der Waals surface area contributed by atoms with E-state index < -0.39 is 11.9 Å². The molecule has 0 unspecified atom stereocenters. The molecule has 0 atom stereocenters. The van der Waals surface area contributed by atoms with Gasteiger partial charge in [0.2, 0.25) is 11.2 Å². The van der Waals surface area contributed by atoms with Gasteiger partial charge in [-0.3, -0.25) is 0 Å². The molecule has 0 saturated heterocycles. The van der Waals surface area contributed by atoms with Crippen LogP contribution < -0.4 is 4.74 Å². The summed E-state index contributed by atoms with van der Waals surface area (Å²) in [6, 6.07) is 10.4. The summed E-state index contributed by atoms with van der Waals surface area (Å²) >= 11 is 5.91. The highest BCUT2D eigenvalue weighted by molar-refractivity contribution is 6.28. The number of ether oxygens (including phenoxy) is 1. The number of pyridine rings is 1. The first-order chi connectivity index (χ1) is 13.8. The number of aromatic nitrogens is 5. The molecule has 148 valence electrons. The Labute approximate surface area is 168 Å². The Morgan fingerprint density at radius 3 is 2.52 bits per heavy atom. The minimum atomic E-state index is -4.49. The van der Waals surface area contributed by atoms with E-state index in [2.05, 4.69) is 19.9 Å². The minimum Gasteiger partial charge on any atom is -0.472 e. The standard InChI is InChI=1S/C19H13ClF3N5O/c1-28-9-14(19(21,22)23)25-16(28)12-6-4-11(5-7-12)10-29-17-13-3-2-8-24-15(13)26-18(20)27-17/h2-9H,10H2,1H3. The van der Waals surface area contributed by atoms with Gasteiger partial charge in [0.1, 0.15) is 12.4 Å². The van der Waals surface area contributed by atoms with Crippen LogP contribution >= 0.6 is 11.6 Å². The molecule has 29 heavy (non-hydrogen) atoms. The first-order valence-electron chi connectivity index (χ1n) is 8.42. The van der Waals surface area contributed by atoms with Gasteiger partial charge in [0, 0.05) is 25.0 Å². The van der Waals surface area contributed by atoms with Gasteiger partial charge in [0.15, 0.2) is 11.3 Å². The van der Waals surface area contributed by atoms with Gasteiger partial charge in [-0.2, -0.15) is 23.1 Å². The third kappa shape index (κ3) is 4.00. The Balaban J connectivity index is 1.54. The van der Waals surface area contributed by atoms with Crippen molar-refractivity contribution in [3.8, 4) is 17.3 Å². The Kier molecular flexibility index (Phi) is 4.83. The van der Waals surface area contributed by atoms with Gasteiger partial charge in [-0.15, -0.1) is 0 Å². The lowest BCUT2D eigenvalue weighted by Gasteiger charge is -2.09. The molecule has 3 heterocycles. The first kappa shape index (κ1) is 19.1. The molecule has 1 aromatic carbocycles. The fraction of sp³-hybridized carbons (Fsp3) is 0.158. The van der Waals surface area contributed by atoms with Crippen molar-refractivity contribution in [1.29, 1.82) is 0 Å². The quantitative estimate of drug-likeness (QED) is 0.449. The lowest BCUT2D eigenvalue weighted by molar-refractivity contribution is -0.140. The largest absolute Gasteiger partial charge is 0.472 e. The number of nitrogens with zero attached hydrogens (tertiary/aromatic N) is 5. The van der Waals surface area contributed by atoms with Crippen LogP contribution in [0.25, 0.3) is 22.4 Å². The molecule has 0 fully saturated rings. The maximum Gasteiger partial charge on any atom is 0.434 e. The Hall–Kier alpha value is -3.20. The van der Waals surface area contributed by atoms with Crippen LogP contribution in [0.2, 0.25) is 5.28 Å². The molecule has 0 aliphatic rings. The van der Waals surface area contributed by atoms with E-state index in [-0.39, 0.29) is 17.7 Å². The maximum absolute atomic E-state index is 12.8. The van der Waals surface area contributed by atoms with Crippen molar-refractivity contribution < 1.29 is 17.9 Å². The van der Waals surface area contributed by atoms with E-state index in [4.69, 9.17) is 16.3 Å². The molecule has 0 N–H and O–H groups in total. The number of benzene rings is 1. The average Bonchev–Trinajstić information content (AvgIpc) is 3.08. The number of imidazole rings is 1. The van der Waals surface area contributed by atoms with Crippen LogP contribution in [0, 0.1) is 0 Å². The molecule has 10 heteroatoms. The Morgan fingerprint density at radius 2 is 1.83 bits per heavy atom. The van der Waals surface area contributed by atoms with Crippen molar-refractivity contribution in [3.05, 3.63) is 65.3 Å². The molecule has 4 rings (SSSR count). The monoisotopic (exact) mass is 419 g/mol. The summed E-state index contributed by atoms with van der Waals surface area (Å²) in [6.07, 6.45) is -1.93. The van der Waals surface area contributed by atoms with Crippen LogP contribution in [0.1, 0.15) is 11.3 Å². The number of rotatable bonds is 4. The van der Waals surface area contributed by atoms with E-state index >= 15 is 0 Å². The van der Waals surface area contributed by atoms with Crippen molar-refractivity contribution >= 4 is 22.6 Å². The van der Waals surface area contributed by atoms with Crippen LogP contribution in [0.3, 0.4) is 0 Å². The summed E-state index contributed by atoms with van der Waals surface area (Å²) in [6.45, 7) is 0.186. The smallest absolute Gasteiger partial charge is 0.434 e. The fourth-order valence-electron chi connectivity index (χ4n) is 2.79. The molecule has 0 bridgehead atoms. The second-order valence-corrected chi connectivity index (χ2v) is 6.55. The van der Waals surface area contributed by atoms with E-state index in [0.717, 1.165) is 11.8 Å². The third-order valence-electron chi connectivity index (χ3n) is 4.16. The van der Waals surface area contributed by atoms with Crippen LogP contribution in [0.5, 0.6) is 5.88 Å². The molecule has 3 aromatic heterocycles. The van der Waals surface area contributed by atoms with Crippen LogP contribution in [0.15, 0.2) is 48.8 Å². The second-order valence-electron chi connectivity index (χ2n) is 6.22. The van der Waals surface area contributed by atoms with Gasteiger partial charge in [-0.25, -0.2) is 9.97 Å². The highest BCUT2D eigenvalue weighted by atomic mass is 35.5. The number of halogens is 4. The lowest BCUT2D eigenvalue weighted by Crippen LogP contribution is -2.04. The number of alkyl halides is 3. The van der Waals surface area contributed by atoms with E-state index in [0.29, 0.717) is 22.5 Å². The van der Waals surface area contributed by atoms with E-state index in [1.807, 2.05) is 0 Å². The topological polar surface area (TPSA) is 65.7 Å². The van der Waals surface area contributed by atoms with Gasteiger partial charge >= 0.3 is 6.18 Å². The Morgan fingerprint density at radius 1 is 1.07 bits per heavy atom. The van der Waals surface area contributed by atoms with Gasteiger partial charge in [0.05, 0.1) is 5.39 Å². The number of hydrogen-bond acceptors (Lipinski definition) is 5. The van der Waals surface area contributed by atoms with Gasteiger partial charge in [-0.05, 0) is 29.3 Å². The van der Waals surface area contributed by atoms with E-state index in [9.17, 15) is 13.2 Å².